The normalized spacial score (nSPS) is 27.3. The van der Waals surface area contributed by atoms with Crippen molar-refractivity contribution in [2.75, 3.05) is 18.1 Å². The molecule has 2 heterocycles. The molecule has 2 atom stereocenters. The Kier molecular flexibility index (Phi) is 4.55. The minimum absolute atomic E-state index is 0.0435. The van der Waals surface area contributed by atoms with Crippen LogP contribution in [0, 0.1) is 12.8 Å². The van der Waals surface area contributed by atoms with Crippen LogP contribution < -0.4 is 5.32 Å². The van der Waals surface area contributed by atoms with Gasteiger partial charge in [0.25, 0.3) is 0 Å². The van der Waals surface area contributed by atoms with Crippen molar-refractivity contribution in [1.82, 2.24) is 10.2 Å². The number of hydrogen-bond donors (Lipinski definition) is 1. The summed E-state index contributed by atoms with van der Waals surface area (Å²) in [6, 6.07) is 8.42. The highest BCUT2D eigenvalue weighted by Gasteiger charge is 2.38. The molecule has 1 N–H and O–H groups in total. The Hall–Kier alpha value is -1.00. The highest BCUT2D eigenvalue weighted by Crippen LogP contribution is 2.30. The first-order valence-corrected chi connectivity index (χ1v) is 9.01. The zero-order valence-electron chi connectivity index (χ0n) is 12.8. The first-order chi connectivity index (χ1) is 10.1. The number of thioether (sulfide) groups is 1. The van der Waals surface area contributed by atoms with E-state index in [1.165, 1.54) is 35.5 Å². The van der Waals surface area contributed by atoms with Crippen molar-refractivity contribution >= 4 is 17.7 Å². The van der Waals surface area contributed by atoms with Crippen molar-refractivity contribution in [2.45, 2.75) is 38.9 Å². The lowest BCUT2D eigenvalue weighted by Crippen LogP contribution is -2.36. The standard InChI is InChI=1S/C17H24N2OS/c1-12-4-3-5-15(10-12)16-18-13(2)17(20)19(16)11-14-6-8-21-9-7-14/h3-5,10,13-14,16,18H,6-9,11H2,1-2H3. The number of hydrogen-bond acceptors (Lipinski definition) is 3. The van der Waals surface area contributed by atoms with E-state index in [2.05, 4.69) is 41.4 Å². The molecule has 0 radical (unpaired) electrons. The monoisotopic (exact) mass is 304 g/mol. The lowest BCUT2D eigenvalue weighted by molar-refractivity contribution is -0.130. The quantitative estimate of drug-likeness (QED) is 0.932. The summed E-state index contributed by atoms with van der Waals surface area (Å²) < 4.78 is 0. The van der Waals surface area contributed by atoms with E-state index in [9.17, 15) is 4.79 Å². The first kappa shape index (κ1) is 14.9. The van der Waals surface area contributed by atoms with Crippen molar-refractivity contribution in [3.05, 3.63) is 35.4 Å². The summed E-state index contributed by atoms with van der Waals surface area (Å²) in [5.74, 6) is 3.39. The van der Waals surface area contributed by atoms with Gasteiger partial charge in [-0.15, -0.1) is 0 Å². The smallest absolute Gasteiger partial charge is 0.241 e. The van der Waals surface area contributed by atoms with Crippen molar-refractivity contribution in [3.8, 4) is 0 Å². The van der Waals surface area contributed by atoms with Crippen molar-refractivity contribution in [1.29, 1.82) is 0 Å². The molecular weight excluding hydrogens is 280 g/mol. The molecule has 3 rings (SSSR count). The average molecular weight is 304 g/mol. The van der Waals surface area contributed by atoms with E-state index < -0.39 is 0 Å². The molecule has 21 heavy (non-hydrogen) atoms. The number of nitrogens with one attached hydrogen (secondary N) is 1. The molecule has 1 aromatic rings. The van der Waals surface area contributed by atoms with Gasteiger partial charge in [0.1, 0.15) is 6.17 Å². The highest BCUT2D eigenvalue weighted by molar-refractivity contribution is 7.99. The molecule has 0 spiro atoms. The van der Waals surface area contributed by atoms with Gasteiger partial charge in [0.15, 0.2) is 0 Å². The number of aryl methyl sites for hydroxylation is 1. The van der Waals surface area contributed by atoms with E-state index in [-0.39, 0.29) is 18.1 Å². The predicted octanol–water partition coefficient (Wildman–Crippen LogP) is 2.96. The molecule has 2 fully saturated rings. The van der Waals surface area contributed by atoms with E-state index in [4.69, 9.17) is 0 Å². The predicted molar refractivity (Wildman–Crippen MR) is 88.3 cm³/mol. The third-order valence-electron chi connectivity index (χ3n) is 4.53. The third kappa shape index (κ3) is 3.27. The molecule has 2 saturated heterocycles. The van der Waals surface area contributed by atoms with Gasteiger partial charge >= 0.3 is 0 Å². The Labute approximate surface area is 131 Å². The van der Waals surface area contributed by atoms with Crippen molar-refractivity contribution in [2.24, 2.45) is 5.92 Å². The molecule has 114 valence electrons. The van der Waals surface area contributed by atoms with Crippen LogP contribution in [0.1, 0.15) is 37.1 Å². The minimum atomic E-state index is -0.0755. The van der Waals surface area contributed by atoms with Crippen molar-refractivity contribution < 1.29 is 4.79 Å². The molecule has 4 heteroatoms. The largest absolute Gasteiger partial charge is 0.321 e. The van der Waals surface area contributed by atoms with E-state index >= 15 is 0 Å². The fourth-order valence-electron chi connectivity index (χ4n) is 3.29. The lowest BCUT2D eigenvalue weighted by Gasteiger charge is -2.30. The third-order valence-corrected chi connectivity index (χ3v) is 5.58. The van der Waals surface area contributed by atoms with Gasteiger partial charge in [0, 0.05) is 6.54 Å². The zero-order chi connectivity index (χ0) is 14.8. The van der Waals surface area contributed by atoms with Gasteiger partial charge in [-0.25, -0.2) is 0 Å². The Balaban J connectivity index is 1.78. The van der Waals surface area contributed by atoms with Crippen LogP contribution in [0.5, 0.6) is 0 Å². The molecule has 3 nitrogen and oxygen atoms in total. The number of benzene rings is 1. The van der Waals surface area contributed by atoms with Gasteiger partial charge in [-0.05, 0) is 49.7 Å². The maximum Gasteiger partial charge on any atom is 0.241 e. The van der Waals surface area contributed by atoms with Crippen molar-refractivity contribution in [3.63, 3.8) is 0 Å². The summed E-state index contributed by atoms with van der Waals surface area (Å²) in [6.07, 6.45) is 2.52. The Morgan fingerprint density at radius 3 is 2.81 bits per heavy atom. The number of rotatable bonds is 3. The maximum absolute atomic E-state index is 12.5. The number of carbonyl (C=O) groups is 1. The molecule has 1 aromatic carbocycles. The van der Waals surface area contributed by atoms with E-state index in [0.717, 1.165) is 6.54 Å². The molecule has 1 amide bonds. The second kappa shape index (κ2) is 6.41. The summed E-state index contributed by atoms with van der Waals surface area (Å²) in [7, 11) is 0. The van der Waals surface area contributed by atoms with Gasteiger partial charge in [0.05, 0.1) is 6.04 Å². The highest BCUT2D eigenvalue weighted by atomic mass is 32.2. The summed E-state index contributed by atoms with van der Waals surface area (Å²) in [4.78, 5) is 14.6. The van der Waals surface area contributed by atoms with Crippen LogP contribution in [-0.2, 0) is 4.79 Å². The van der Waals surface area contributed by atoms with E-state index in [1.807, 2.05) is 18.7 Å². The lowest BCUT2D eigenvalue weighted by atomic mass is 10.0. The molecule has 0 aromatic heterocycles. The van der Waals surface area contributed by atoms with Crippen LogP contribution in [0.3, 0.4) is 0 Å². The Bertz CT molecular complexity index is 513. The molecule has 0 bridgehead atoms. The van der Waals surface area contributed by atoms with Gasteiger partial charge in [0.2, 0.25) is 5.91 Å². The van der Waals surface area contributed by atoms with Crippen LogP contribution in [-0.4, -0.2) is 34.9 Å². The SMILES string of the molecule is Cc1cccc(C2NC(C)C(=O)N2CC2CCSCC2)c1. The summed E-state index contributed by atoms with van der Waals surface area (Å²) in [5.41, 5.74) is 2.45. The number of amides is 1. The minimum Gasteiger partial charge on any atom is -0.321 e. The summed E-state index contributed by atoms with van der Waals surface area (Å²) in [5, 5.41) is 3.46. The van der Waals surface area contributed by atoms with Gasteiger partial charge in [-0.1, -0.05) is 29.8 Å². The molecule has 2 aliphatic heterocycles. The van der Waals surface area contributed by atoms with Crippen LogP contribution in [0.15, 0.2) is 24.3 Å². The number of nitrogens with zero attached hydrogens (tertiary/aromatic N) is 1. The van der Waals surface area contributed by atoms with Gasteiger partial charge in [-0.3, -0.25) is 10.1 Å². The van der Waals surface area contributed by atoms with E-state index in [0.29, 0.717) is 5.92 Å². The average Bonchev–Trinajstić information content (AvgIpc) is 2.77. The Morgan fingerprint density at radius 2 is 2.10 bits per heavy atom. The second-order valence-corrected chi connectivity index (χ2v) is 7.48. The molecule has 0 saturated carbocycles. The topological polar surface area (TPSA) is 32.3 Å². The zero-order valence-corrected chi connectivity index (χ0v) is 13.7. The maximum atomic E-state index is 12.5. The Morgan fingerprint density at radius 1 is 1.33 bits per heavy atom. The molecule has 2 aliphatic rings. The van der Waals surface area contributed by atoms with E-state index in [1.54, 1.807) is 0 Å². The molecular formula is C17H24N2OS. The van der Waals surface area contributed by atoms with Crippen LogP contribution in [0.25, 0.3) is 0 Å². The fourth-order valence-corrected chi connectivity index (χ4v) is 4.50. The number of carbonyl (C=O) groups excluding carboxylic acids is 1. The molecule has 0 aliphatic carbocycles. The first-order valence-electron chi connectivity index (χ1n) is 7.86. The van der Waals surface area contributed by atoms with Gasteiger partial charge < -0.3 is 4.90 Å². The van der Waals surface area contributed by atoms with Crippen LogP contribution in [0.4, 0.5) is 0 Å². The van der Waals surface area contributed by atoms with Gasteiger partial charge in [-0.2, -0.15) is 11.8 Å². The molecule has 2 unspecified atom stereocenters. The fraction of sp³-hybridized carbons (Fsp3) is 0.588. The van der Waals surface area contributed by atoms with Crippen LogP contribution in [0.2, 0.25) is 0 Å². The summed E-state index contributed by atoms with van der Waals surface area (Å²) >= 11 is 2.04. The van der Waals surface area contributed by atoms with Crippen LogP contribution >= 0.6 is 11.8 Å². The summed E-state index contributed by atoms with van der Waals surface area (Å²) in [6.45, 7) is 4.98. The second-order valence-electron chi connectivity index (χ2n) is 6.25.